The third-order valence-electron chi connectivity index (χ3n) is 4.56. The van der Waals surface area contributed by atoms with Gasteiger partial charge in [-0.25, -0.2) is 4.79 Å². The number of benzene rings is 1. The number of amides is 2. The molecule has 2 amide bonds. The molecule has 0 aromatic heterocycles. The highest BCUT2D eigenvalue weighted by Gasteiger charge is 2.43. The Morgan fingerprint density at radius 1 is 1.36 bits per heavy atom. The molecule has 0 radical (unpaired) electrons. The Kier molecular flexibility index (Phi) is 7.86. The third-order valence-corrected chi connectivity index (χ3v) is 4.87. The van der Waals surface area contributed by atoms with E-state index in [9.17, 15) is 18.4 Å². The highest BCUT2D eigenvalue weighted by atomic mass is 32.1. The number of urea groups is 1. The van der Waals surface area contributed by atoms with Crippen LogP contribution in [0.2, 0.25) is 0 Å². The van der Waals surface area contributed by atoms with Gasteiger partial charge in [0.05, 0.1) is 6.04 Å². The minimum absolute atomic E-state index is 0.146. The predicted molar refractivity (Wildman–Crippen MR) is 107 cm³/mol. The first-order valence-corrected chi connectivity index (χ1v) is 9.82. The lowest BCUT2D eigenvalue weighted by molar-refractivity contribution is -0.165. The Morgan fingerprint density at radius 3 is 2.64 bits per heavy atom. The van der Waals surface area contributed by atoms with Crippen molar-refractivity contribution in [3.8, 4) is 0 Å². The van der Waals surface area contributed by atoms with E-state index in [0.29, 0.717) is 13.1 Å². The van der Waals surface area contributed by atoms with E-state index in [1.54, 1.807) is 22.9 Å². The van der Waals surface area contributed by atoms with E-state index in [2.05, 4.69) is 12.6 Å². The molecular weight excluding hydrogens is 386 g/mol. The molecule has 1 saturated heterocycles. The van der Waals surface area contributed by atoms with Crippen LogP contribution in [-0.2, 0) is 15.5 Å². The summed E-state index contributed by atoms with van der Waals surface area (Å²) in [6.07, 6.45) is 2.60. The van der Waals surface area contributed by atoms with Crippen LogP contribution in [0.3, 0.4) is 0 Å². The molecule has 1 aliphatic heterocycles. The molecule has 8 heteroatoms. The normalized spacial score (nSPS) is 18.8. The van der Waals surface area contributed by atoms with E-state index in [1.807, 2.05) is 0 Å². The zero-order chi connectivity index (χ0) is 20.7. The summed E-state index contributed by atoms with van der Waals surface area (Å²) in [5.74, 6) is -3.47. The maximum absolute atomic E-state index is 14.9. The zero-order valence-electron chi connectivity index (χ0n) is 16.1. The summed E-state index contributed by atoms with van der Waals surface area (Å²) < 4.78 is 34.8. The minimum Gasteiger partial charge on any atom is -0.451 e. The van der Waals surface area contributed by atoms with Crippen LogP contribution in [0.15, 0.2) is 42.5 Å². The van der Waals surface area contributed by atoms with Crippen LogP contribution in [0.4, 0.5) is 13.6 Å². The van der Waals surface area contributed by atoms with Crippen molar-refractivity contribution >= 4 is 24.6 Å². The smallest absolute Gasteiger partial charge is 0.320 e. The van der Waals surface area contributed by atoms with Gasteiger partial charge in [-0.15, -0.1) is 0 Å². The van der Waals surface area contributed by atoms with Crippen molar-refractivity contribution in [2.75, 3.05) is 25.9 Å². The van der Waals surface area contributed by atoms with Gasteiger partial charge in [0.1, 0.15) is 0 Å². The molecule has 28 heavy (non-hydrogen) atoms. The highest BCUT2D eigenvalue weighted by Crippen LogP contribution is 2.34. The average Bonchev–Trinajstić information content (AvgIpc) is 2.93. The molecule has 5 nitrogen and oxygen atoms in total. The van der Waals surface area contributed by atoms with E-state index < -0.39 is 18.0 Å². The van der Waals surface area contributed by atoms with E-state index in [0.717, 1.165) is 25.5 Å². The molecule has 0 spiro atoms. The number of alkyl halides is 2. The fraction of sp³-hybridized carbons (Fsp3) is 0.500. The van der Waals surface area contributed by atoms with E-state index in [4.69, 9.17) is 4.74 Å². The summed E-state index contributed by atoms with van der Waals surface area (Å²) in [6, 6.07) is 6.73. The lowest BCUT2D eigenvalue weighted by atomic mass is 10.0. The standard InChI is InChI=1S/C20H26F2N2O3S/c1-15(25)27-18(20(21,22)16-8-4-3-5-9-16)11-10-17-14-23(2)19(26)24(17)12-6-7-13-28/h3-5,8-11,17-18,28H,6-7,12-14H2,1-2H3. The summed E-state index contributed by atoms with van der Waals surface area (Å²) in [4.78, 5) is 26.9. The first-order chi connectivity index (χ1) is 13.3. The molecule has 1 fully saturated rings. The number of likely N-dealkylation sites (N-methyl/N-ethyl adjacent to an activating group) is 1. The Balaban J connectivity index is 2.21. The molecule has 0 N–H and O–H groups in total. The second-order valence-electron chi connectivity index (χ2n) is 6.76. The summed E-state index contributed by atoms with van der Waals surface area (Å²) >= 11 is 4.17. The van der Waals surface area contributed by atoms with E-state index >= 15 is 0 Å². The number of unbranched alkanes of at least 4 members (excludes halogenated alkanes) is 1. The van der Waals surface area contributed by atoms with Gasteiger partial charge in [0, 0.05) is 32.6 Å². The van der Waals surface area contributed by atoms with Crippen molar-refractivity contribution in [3.05, 3.63) is 48.0 Å². The van der Waals surface area contributed by atoms with Crippen molar-refractivity contribution in [2.24, 2.45) is 0 Å². The van der Waals surface area contributed by atoms with Crippen molar-refractivity contribution in [2.45, 2.75) is 37.8 Å². The van der Waals surface area contributed by atoms with Crippen LogP contribution in [-0.4, -0.2) is 59.8 Å². The molecule has 2 atom stereocenters. The van der Waals surface area contributed by atoms with Crippen LogP contribution in [0.5, 0.6) is 0 Å². The Labute approximate surface area is 169 Å². The molecule has 0 saturated carbocycles. The second-order valence-corrected chi connectivity index (χ2v) is 7.21. The van der Waals surface area contributed by atoms with Crippen LogP contribution in [0, 0.1) is 0 Å². The highest BCUT2D eigenvalue weighted by molar-refractivity contribution is 7.80. The molecule has 2 rings (SSSR count). The van der Waals surface area contributed by atoms with Crippen LogP contribution in [0.1, 0.15) is 25.3 Å². The van der Waals surface area contributed by atoms with Gasteiger partial charge in [0.25, 0.3) is 0 Å². The number of nitrogens with zero attached hydrogens (tertiary/aromatic N) is 2. The van der Waals surface area contributed by atoms with Gasteiger partial charge in [-0.3, -0.25) is 4.79 Å². The minimum atomic E-state index is -3.39. The number of hydrogen-bond acceptors (Lipinski definition) is 4. The monoisotopic (exact) mass is 412 g/mol. The largest absolute Gasteiger partial charge is 0.451 e. The number of ether oxygens (including phenoxy) is 1. The van der Waals surface area contributed by atoms with Crippen molar-refractivity contribution in [1.29, 1.82) is 0 Å². The summed E-state index contributed by atoms with van der Waals surface area (Å²) in [5, 5.41) is 0. The Hall–Kier alpha value is -2.09. The summed E-state index contributed by atoms with van der Waals surface area (Å²) in [6.45, 7) is 2.00. The molecule has 1 aromatic rings. The molecule has 0 bridgehead atoms. The maximum Gasteiger partial charge on any atom is 0.320 e. The van der Waals surface area contributed by atoms with Gasteiger partial charge in [-0.1, -0.05) is 36.4 Å². The number of thiol groups is 1. The molecule has 154 valence electrons. The van der Waals surface area contributed by atoms with Crippen LogP contribution in [0.25, 0.3) is 0 Å². The van der Waals surface area contributed by atoms with E-state index in [-0.39, 0.29) is 17.6 Å². The lowest BCUT2D eigenvalue weighted by Gasteiger charge is -2.25. The number of esters is 1. The van der Waals surface area contributed by atoms with Gasteiger partial charge in [0.2, 0.25) is 0 Å². The quantitative estimate of drug-likeness (QED) is 0.291. The SMILES string of the molecule is CC(=O)OC(C=CC1CN(C)C(=O)N1CCCCS)C(F)(F)c1ccccc1. The first kappa shape index (κ1) is 22.2. The molecule has 1 heterocycles. The van der Waals surface area contributed by atoms with Gasteiger partial charge in [-0.05, 0) is 24.7 Å². The van der Waals surface area contributed by atoms with Gasteiger partial charge in [0.15, 0.2) is 6.10 Å². The van der Waals surface area contributed by atoms with Crippen LogP contribution >= 0.6 is 12.6 Å². The second kappa shape index (κ2) is 9.91. The fourth-order valence-electron chi connectivity index (χ4n) is 3.11. The van der Waals surface area contributed by atoms with E-state index in [1.165, 1.54) is 36.4 Å². The lowest BCUT2D eigenvalue weighted by Crippen LogP contribution is -2.36. The molecular formula is C20H26F2N2O3S. The van der Waals surface area contributed by atoms with Gasteiger partial charge >= 0.3 is 17.9 Å². The van der Waals surface area contributed by atoms with Crippen molar-refractivity contribution in [3.63, 3.8) is 0 Å². The zero-order valence-corrected chi connectivity index (χ0v) is 16.9. The molecule has 1 aliphatic rings. The topological polar surface area (TPSA) is 49.9 Å². The molecule has 0 aliphatic carbocycles. The number of carbonyl (C=O) groups is 2. The number of rotatable bonds is 9. The summed E-state index contributed by atoms with van der Waals surface area (Å²) in [7, 11) is 1.67. The fourth-order valence-corrected chi connectivity index (χ4v) is 3.33. The van der Waals surface area contributed by atoms with Gasteiger partial charge in [-0.2, -0.15) is 21.4 Å². The predicted octanol–water partition coefficient (Wildman–Crippen LogP) is 3.71. The summed E-state index contributed by atoms with van der Waals surface area (Å²) in [5.41, 5.74) is -0.240. The average molecular weight is 413 g/mol. The number of halogens is 2. The van der Waals surface area contributed by atoms with Gasteiger partial charge < -0.3 is 14.5 Å². The Bertz CT molecular complexity index is 700. The van der Waals surface area contributed by atoms with Crippen molar-refractivity contribution < 1.29 is 23.1 Å². The van der Waals surface area contributed by atoms with Crippen molar-refractivity contribution in [1.82, 2.24) is 9.80 Å². The first-order valence-electron chi connectivity index (χ1n) is 9.18. The maximum atomic E-state index is 14.9. The van der Waals surface area contributed by atoms with Crippen LogP contribution < -0.4 is 0 Å². The number of hydrogen-bond donors (Lipinski definition) is 1. The third kappa shape index (κ3) is 5.47. The Morgan fingerprint density at radius 2 is 2.04 bits per heavy atom. The molecule has 2 unspecified atom stereocenters. The molecule has 1 aromatic carbocycles. The number of carbonyl (C=O) groups excluding carboxylic acids is 2.